The van der Waals surface area contributed by atoms with E-state index in [2.05, 4.69) is 18.5 Å². The topological polar surface area (TPSA) is 75.6 Å². The molecule has 25 heavy (non-hydrogen) atoms. The third kappa shape index (κ3) is 5.48. The molecule has 2 aliphatic rings. The maximum absolute atomic E-state index is 12.1. The lowest BCUT2D eigenvalue weighted by Gasteiger charge is -2.22. The highest BCUT2D eigenvalue weighted by Crippen LogP contribution is 2.28. The predicted molar refractivity (Wildman–Crippen MR) is 97.1 cm³/mol. The number of hydrogen-bond acceptors (Lipinski definition) is 3. The van der Waals surface area contributed by atoms with Crippen LogP contribution in [0.5, 0.6) is 0 Å². The van der Waals surface area contributed by atoms with E-state index in [1.807, 2.05) is 36.5 Å². The zero-order chi connectivity index (χ0) is 18.2. The normalized spacial score (nSPS) is 23.8. The average Bonchev–Trinajstić information content (AvgIpc) is 3.10. The molecule has 2 aliphatic carbocycles. The third-order valence-electron chi connectivity index (χ3n) is 4.64. The van der Waals surface area contributed by atoms with Gasteiger partial charge in [-0.1, -0.05) is 62.5 Å². The molecule has 0 heterocycles. The molecule has 0 aliphatic heterocycles. The van der Waals surface area contributed by atoms with Crippen LogP contribution >= 0.6 is 0 Å². The van der Waals surface area contributed by atoms with Crippen LogP contribution in [0.25, 0.3) is 0 Å². The molecule has 134 valence electrons. The van der Waals surface area contributed by atoms with E-state index in [1.165, 1.54) is 0 Å². The number of allylic oxidation sites excluding steroid dienone is 6. The van der Waals surface area contributed by atoms with Gasteiger partial charge in [-0.2, -0.15) is 0 Å². The number of nitrogens with one attached hydrogen (secondary N) is 1. The molecule has 0 saturated heterocycles. The Labute approximate surface area is 148 Å². The average molecular weight is 343 g/mol. The molecule has 5 heteroatoms. The lowest BCUT2D eigenvalue weighted by Crippen LogP contribution is -2.45. The standard InChI is InChI=1S/C20H25NO4/c1-14-9-5-3-4-6-10-15(2)17(14)13-25-20(24)21-18(19(22)23)16-11-7-8-12-16/h3-6,9-10,16-18H,1-2,7-8,11-13H2,(H,21,24)(H,22,23)/b4-3-,9-5-,10-6-/t18-/m0/s1. The summed E-state index contributed by atoms with van der Waals surface area (Å²) in [6.07, 6.45) is 14.1. The summed E-state index contributed by atoms with van der Waals surface area (Å²) >= 11 is 0. The number of carbonyl (C=O) groups excluding carboxylic acids is 1. The van der Waals surface area contributed by atoms with Crippen LogP contribution in [0.15, 0.2) is 60.8 Å². The summed E-state index contributed by atoms with van der Waals surface area (Å²) in [7, 11) is 0. The van der Waals surface area contributed by atoms with Gasteiger partial charge in [0.15, 0.2) is 0 Å². The van der Waals surface area contributed by atoms with E-state index in [0.29, 0.717) is 0 Å². The fourth-order valence-corrected chi connectivity index (χ4v) is 3.17. The van der Waals surface area contributed by atoms with E-state index in [0.717, 1.165) is 36.8 Å². The molecule has 0 aromatic heterocycles. The van der Waals surface area contributed by atoms with E-state index in [4.69, 9.17) is 4.74 Å². The van der Waals surface area contributed by atoms with Crippen LogP contribution in [0.2, 0.25) is 0 Å². The number of aliphatic carboxylic acids is 1. The number of carboxylic acid groups (broad SMARTS) is 1. The van der Waals surface area contributed by atoms with Gasteiger partial charge >= 0.3 is 12.1 Å². The van der Waals surface area contributed by atoms with Gasteiger partial charge in [0.2, 0.25) is 0 Å². The number of carbonyl (C=O) groups is 2. The monoisotopic (exact) mass is 343 g/mol. The van der Waals surface area contributed by atoms with Crippen molar-refractivity contribution < 1.29 is 19.4 Å². The van der Waals surface area contributed by atoms with E-state index >= 15 is 0 Å². The zero-order valence-corrected chi connectivity index (χ0v) is 14.3. The molecule has 0 aromatic carbocycles. The van der Waals surface area contributed by atoms with Crippen molar-refractivity contribution in [2.45, 2.75) is 31.7 Å². The van der Waals surface area contributed by atoms with Gasteiger partial charge in [0, 0.05) is 5.92 Å². The zero-order valence-electron chi connectivity index (χ0n) is 14.3. The Balaban J connectivity index is 1.94. The summed E-state index contributed by atoms with van der Waals surface area (Å²) in [6, 6.07) is -0.897. The molecule has 1 fully saturated rings. The number of alkyl carbamates (subject to hydrolysis) is 1. The van der Waals surface area contributed by atoms with Crippen molar-refractivity contribution in [2.24, 2.45) is 11.8 Å². The maximum Gasteiger partial charge on any atom is 0.407 e. The predicted octanol–water partition coefficient (Wildman–Crippen LogP) is 3.77. The summed E-state index contributed by atoms with van der Waals surface area (Å²) in [4.78, 5) is 23.5. The Bertz CT molecular complexity index is 596. The Morgan fingerprint density at radius 2 is 1.68 bits per heavy atom. The van der Waals surface area contributed by atoms with Gasteiger partial charge in [0.25, 0.3) is 0 Å². The molecule has 0 spiro atoms. The maximum atomic E-state index is 12.1. The Kier molecular flexibility index (Phi) is 6.81. The number of amides is 1. The lowest BCUT2D eigenvalue weighted by atomic mass is 9.93. The fourth-order valence-electron chi connectivity index (χ4n) is 3.17. The first-order valence-corrected chi connectivity index (χ1v) is 8.54. The SMILES string of the molecule is C=C1\C=C/C=C\C=C/C(=C)C1COC(=O)N[C@H](C(=O)O)C1CCCC1. The van der Waals surface area contributed by atoms with E-state index in [-0.39, 0.29) is 18.4 Å². The molecular formula is C20H25NO4. The molecule has 2 N–H and O–H groups in total. The minimum absolute atomic E-state index is 0.0307. The summed E-state index contributed by atoms with van der Waals surface area (Å²) < 4.78 is 5.28. The van der Waals surface area contributed by atoms with Gasteiger partial charge in [0.05, 0.1) is 0 Å². The molecule has 0 bridgehead atoms. The molecular weight excluding hydrogens is 318 g/mol. The first-order valence-electron chi connectivity index (χ1n) is 8.54. The van der Waals surface area contributed by atoms with Crippen LogP contribution in [0, 0.1) is 11.8 Å². The largest absolute Gasteiger partial charge is 0.480 e. The molecule has 2 rings (SSSR count). The number of ether oxygens (including phenoxy) is 1. The smallest absolute Gasteiger partial charge is 0.407 e. The summed E-state index contributed by atoms with van der Waals surface area (Å²) in [5.74, 6) is -1.29. The minimum Gasteiger partial charge on any atom is -0.480 e. The highest BCUT2D eigenvalue weighted by Gasteiger charge is 2.32. The van der Waals surface area contributed by atoms with Crippen LogP contribution in [0.3, 0.4) is 0 Å². The first kappa shape index (κ1) is 18.8. The highest BCUT2D eigenvalue weighted by atomic mass is 16.5. The van der Waals surface area contributed by atoms with Crippen molar-refractivity contribution in [2.75, 3.05) is 6.61 Å². The van der Waals surface area contributed by atoms with Crippen LogP contribution < -0.4 is 5.32 Å². The van der Waals surface area contributed by atoms with Gasteiger partial charge < -0.3 is 15.2 Å². The summed E-state index contributed by atoms with van der Waals surface area (Å²) in [5, 5.41) is 11.9. The molecule has 1 amide bonds. The number of rotatable bonds is 5. The van der Waals surface area contributed by atoms with Crippen LogP contribution in [0.4, 0.5) is 4.79 Å². The van der Waals surface area contributed by atoms with Crippen LogP contribution in [-0.4, -0.2) is 29.8 Å². The second kappa shape index (κ2) is 9.06. The molecule has 1 saturated carbocycles. The minimum atomic E-state index is -1.02. The quantitative estimate of drug-likeness (QED) is 0.797. The van der Waals surface area contributed by atoms with Crippen LogP contribution in [-0.2, 0) is 9.53 Å². The lowest BCUT2D eigenvalue weighted by molar-refractivity contribution is -0.140. The Hall–Kier alpha value is -2.56. The van der Waals surface area contributed by atoms with Crippen LogP contribution in [0.1, 0.15) is 25.7 Å². The summed E-state index contributed by atoms with van der Waals surface area (Å²) in [5.41, 5.74) is 1.55. The first-order chi connectivity index (χ1) is 12.0. The molecule has 1 atom stereocenters. The summed E-state index contributed by atoms with van der Waals surface area (Å²) in [6.45, 7) is 8.06. The molecule has 0 aromatic rings. The van der Waals surface area contributed by atoms with Gasteiger partial charge in [-0.05, 0) is 29.9 Å². The van der Waals surface area contributed by atoms with Crippen molar-refractivity contribution in [1.29, 1.82) is 0 Å². The van der Waals surface area contributed by atoms with Gasteiger partial charge in [-0.3, -0.25) is 0 Å². The second-order valence-corrected chi connectivity index (χ2v) is 6.41. The molecule has 0 unspecified atom stereocenters. The Morgan fingerprint density at radius 1 is 1.12 bits per heavy atom. The van der Waals surface area contributed by atoms with Gasteiger partial charge in [-0.15, -0.1) is 0 Å². The number of carboxylic acids is 1. The van der Waals surface area contributed by atoms with Crippen molar-refractivity contribution in [3.8, 4) is 0 Å². The van der Waals surface area contributed by atoms with Crippen molar-refractivity contribution in [3.63, 3.8) is 0 Å². The van der Waals surface area contributed by atoms with Crippen molar-refractivity contribution >= 4 is 12.1 Å². The van der Waals surface area contributed by atoms with E-state index < -0.39 is 18.1 Å². The molecule has 5 nitrogen and oxygen atoms in total. The molecule has 0 radical (unpaired) electrons. The van der Waals surface area contributed by atoms with Crippen molar-refractivity contribution in [1.82, 2.24) is 5.32 Å². The van der Waals surface area contributed by atoms with Crippen molar-refractivity contribution in [3.05, 3.63) is 60.8 Å². The second-order valence-electron chi connectivity index (χ2n) is 6.41. The van der Waals surface area contributed by atoms with Gasteiger partial charge in [-0.25, -0.2) is 9.59 Å². The third-order valence-corrected chi connectivity index (χ3v) is 4.64. The van der Waals surface area contributed by atoms with E-state index in [1.54, 1.807) is 0 Å². The number of hydrogen-bond donors (Lipinski definition) is 2. The Morgan fingerprint density at radius 3 is 2.20 bits per heavy atom. The highest BCUT2D eigenvalue weighted by molar-refractivity contribution is 5.80. The van der Waals surface area contributed by atoms with E-state index in [9.17, 15) is 14.7 Å². The fraction of sp³-hybridized carbons (Fsp3) is 0.400. The van der Waals surface area contributed by atoms with Gasteiger partial charge in [0.1, 0.15) is 12.6 Å².